The number of aromatic nitrogens is 2. The molecule has 0 aliphatic carbocycles. The van der Waals surface area contributed by atoms with Crippen molar-refractivity contribution in [2.45, 2.75) is 6.92 Å². The molecule has 0 aliphatic rings. The Balaban J connectivity index is 2.73. The molecular formula is C11H10N2. The van der Waals surface area contributed by atoms with Gasteiger partial charge in [0.15, 0.2) is 0 Å². The third-order valence-corrected chi connectivity index (χ3v) is 1.96. The number of fused-ring (bicyclic) bond motifs is 1. The molecule has 0 saturated heterocycles. The number of rotatable bonds is 1. The number of benzene rings is 1. The van der Waals surface area contributed by atoms with E-state index in [1.54, 1.807) is 0 Å². The number of hydrogen-bond donors (Lipinski definition) is 0. The van der Waals surface area contributed by atoms with Crippen LogP contribution in [-0.2, 0) is 0 Å². The smallest absolute Gasteiger partial charge is 0.125 e. The van der Waals surface area contributed by atoms with Gasteiger partial charge in [-0.2, -0.15) is 0 Å². The van der Waals surface area contributed by atoms with Crippen molar-refractivity contribution >= 4 is 17.0 Å². The highest BCUT2D eigenvalue weighted by molar-refractivity contribution is 5.80. The van der Waals surface area contributed by atoms with E-state index >= 15 is 0 Å². The van der Waals surface area contributed by atoms with Gasteiger partial charge in [-0.05, 0) is 24.6 Å². The molecule has 0 spiro atoms. The lowest BCUT2D eigenvalue weighted by atomic mass is 10.1. The first kappa shape index (κ1) is 7.92. The van der Waals surface area contributed by atoms with Crippen molar-refractivity contribution in [2.24, 2.45) is 0 Å². The summed E-state index contributed by atoms with van der Waals surface area (Å²) >= 11 is 0. The first-order valence-electron chi connectivity index (χ1n) is 4.15. The van der Waals surface area contributed by atoms with E-state index in [2.05, 4.69) is 16.5 Å². The van der Waals surface area contributed by atoms with Crippen LogP contribution >= 0.6 is 0 Å². The first-order valence-corrected chi connectivity index (χ1v) is 4.15. The molecule has 0 atom stereocenters. The topological polar surface area (TPSA) is 25.8 Å². The van der Waals surface area contributed by atoms with Crippen molar-refractivity contribution in [3.63, 3.8) is 0 Å². The molecule has 1 heterocycles. The lowest BCUT2D eigenvalue weighted by molar-refractivity contribution is 1.09. The largest absolute Gasteiger partial charge is 0.241 e. The minimum absolute atomic E-state index is 0.804. The van der Waals surface area contributed by atoms with Crippen molar-refractivity contribution in [1.82, 2.24) is 9.97 Å². The fourth-order valence-corrected chi connectivity index (χ4v) is 1.27. The fraction of sp³-hybridized carbons (Fsp3) is 0.0909. The van der Waals surface area contributed by atoms with Crippen LogP contribution in [0, 0.1) is 6.92 Å². The van der Waals surface area contributed by atoms with E-state index in [-0.39, 0.29) is 0 Å². The van der Waals surface area contributed by atoms with Gasteiger partial charge in [-0.1, -0.05) is 18.7 Å². The lowest BCUT2D eigenvalue weighted by Gasteiger charge is -1.98. The molecule has 1 aromatic heterocycles. The van der Waals surface area contributed by atoms with Crippen molar-refractivity contribution in [1.29, 1.82) is 0 Å². The molecule has 0 unspecified atom stereocenters. The number of hydrogen-bond acceptors (Lipinski definition) is 2. The summed E-state index contributed by atoms with van der Waals surface area (Å²) in [5.41, 5.74) is 2.08. The highest BCUT2D eigenvalue weighted by Gasteiger charge is 1.95. The lowest BCUT2D eigenvalue weighted by Crippen LogP contribution is -1.87. The maximum atomic E-state index is 4.31. The van der Waals surface area contributed by atoms with Crippen molar-refractivity contribution < 1.29 is 0 Å². The van der Waals surface area contributed by atoms with Crippen LogP contribution in [0.25, 0.3) is 17.0 Å². The summed E-state index contributed by atoms with van der Waals surface area (Å²) in [6.45, 7) is 5.60. The van der Waals surface area contributed by atoms with E-state index in [1.807, 2.05) is 37.4 Å². The van der Waals surface area contributed by atoms with Crippen LogP contribution in [0.5, 0.6) is 0 Å². The molecule has 0 radical (unpaired) electrons. The second kappa shape index (κ2) is 2.98. The van der Waals surface area contributed by atoms with Crippen molar-refractivity contribution in [3.8, 4) is 0 Å². The Labute approximate surface area is 77.0 Å². The average Bonchev–Trinajstić information content (AvgIpc) is 2.17. The SMILES string of the molecule is C=Cc1ccc2nc(C)ncc2c1. The van der Waals surface area contributed by atoms with Gasteiger partial charge in [0.2, 0.25) is 0 Å². The Morgan fingerprint density at radius 2 is 2.23 bits per heavy atom. The van der Waals surface area contributed by atoms with Gasteiger partial charge in [0.25, 0.3) is 0 Å². The van der Waals surface area contributed by atoms with Crippen LogP contribution < -0.4 is 0 Å². The maximum absolute atomic E-state index is 4.31. The molecular weight excluding hydrogens is 160 g/mol. The third kappa shape index (κ3) is 1.43. The molecule has 0 bridgehead atoms. The zero-order valence-electron chi connectivity index (χ0n) is 7.49. The summed E-state index contributed by atoms with van der Waals surface area (Å²) in [5.74, 6) is 0.804. The minimum Gasteiger partial charge on any atom is -0.241 e. The van der Waals surface area contributed by atoms with Gasteiger partial charge in [-0.15, -0.1) is 0 Å². The molecule has 0 N–H and O–H groups in total. The standard InChI is InChI=1S/C11H10N2/c1-3-9-4-5-11-10(6-9)7-12-8(2)13-11/h3-7H,1H2,2H3. The van der Waals surface area contributed by atoms with E-state index in [0.29, 0.717) is 0 Å². The van der Waals surface area contributed by atoms with Crippen LogP contribution in [0.1, 0.15) is 11.4 Å². The quantitative estimate of drug-likeness (QED) is 0.657. The predicted molar refractivity (Wildman–Crippen MR) is 54.4 cm³/mol. The predicted octanol–water partition coefficient (Wildman–Crippen LogP) is 2.58. The fourth-order valence-electron chi connectivity index (χ4n) is 1.27. The van der Waals surface area contributed by atoms with Gasteiger partial charge in [0.05, 0.1) is 5.52 Å². The molecule has 0 fully saturated rings. The molecule has 2 heteroatoms. The van der Waals surface area contributed by atoms with E-state index in [4.69, 9.17) is 0 Å². The summed E-state index contributed by atoms with van der Waals surface area (Å²) in [7, 11) is 0. The second-order valence-corrected chi connectivity index (χ2v) is 2.94. The summed E-state index contributed by atoms with van der Waals surface area (Å²) < 4.78 is 0. The molecule has 0 aliphatic heterocycles. The summed E-state index contributed by atoms with van der Waals surface area (Å²) in [4.78, 5) is 8.44. The zero-order valence-corrected chi connectivity index (χ0v) is 7.49. The van der Waals surface area contributed by atoms with Crippen molar-refractivity contribution in [2.75, 3.05) is 0 Å². The minimum atomic E-state index is 0.804. The second-order valence-electron chi connectivity index (χ2n) is 2.94. The van der Waals surface area contributed by atoms with Crippen molar-refractivity contribution in [3.05, 3.63) is 42.4 Å². The molecule has 1 aromatic carbocycles. The van der Waals surface area contributed by atoms with Gasteiger partial charge < -0.3 is 0 Å². The number of nitrogens with zero attached hydrogens (tertiary/aromatic N) is 2. The highest BCUT2D eigenvalue weighted by Crippen LogP contribution is 2.13. The molecule has 2 rings (SSSR count). The molecule has 13 heavy (non-hydrogen) atoms. The summed E-state index contributed by atoms with van der Waals surface area (Å²) in [5, 5.41) is 1.06. The van der Waals surface area contributed by atoms with Gasteiger partial charge in [0, 0.05) is 11.6 Å². The monoisotopic (exact) mass is 170 g/mol. The Hall–Kier alpha value is -1.70. The van der Waals surface area contributed by atoms with Crippen LogP contribution in [-0.4, -0.2) is 9.97 Å². The highest BCUT2D eigenvalue weighted by atomic mass is 14.9. The van der Waals surface area contributed by atoms with Crippen LogP contribution in [0.4, 0.5) is 0 Å². The molecule has 0 saturated carbocycles. The molecule has 0 amide bonds. The Morgan fingerprint density at radius 3 is 3.00 bits per heavy atom. The van der Waals surface area contributed by atoms with E-state index < -0.39 is 0 Å². The first-order chi connectivity index (χ1) is 6.29. The van der Waals surface area contributed by atoms with Gasteiger partial charge in [-0.25, -0.2) is 9.97 Å². The van der Waals surface area contributed by atoms with E-state index in [9.17, 15) is 0 Å². The summed E-state index contributed by atoms with van der Waals surface area (Å²) in [6, 6.07) is 6.02. The Morgan fingerprint density at radius 1 is 1.38 bits per heavy atom. The normalized spacial score (nSPS) is 10.2. The maximum Gasteiger partial charge on any atom is 0.125 e. The Kier molecular flexibility index (Phi) is 1.81. The van der Waals surface area contributed by atoms with Crippen LogP contribution in [0.15, 0.2) is 31.0 Å². The number of aryl methyl sites for hydroxylation is 1. The molecule has 2 nitrogen and oxygen atoms in total. The van der Waals surface area contributed by atoms with E-state index in [1.165, 1.54) is 0 Å². The third-order valence-electron chi connectivity index (χ3n) is 1.96. The van der Waals surface area contributed by atoms with Crippen LogP contribution in [0.3, 0.4) is 0 Å². The van der Waals surface area contributed by atoms with Gasteiger partial charge >= 0.3 is 0 Å². The Bertz CT molecular complexity index is 461. The zero-order chi connectivity index (χ0) is 9.26. The van der Waals surface area contributed by atoms with E-state index in [0.717, 1.165) is 22.3 Å². The average molecular weight is 170 g/mol. The van der Waals surface area contributed by atoms with Crippen LogP contribution in [0.2, 0.25) is 0 Å². The van der Waals surface area contributed by atoms with Gasteiger partial charge in [-0.3, -0.25) is 0 Å². The summed E-state index contributed by atoms with van der Waals surface area (Å²) in [6.07, 6.45) is 3.66. The molecule has 2 aromatic rings. The molecule has 64 valence electrons. The van der Waals surface area contributed by atoms with Gasteiger partial charge in [0.1, 0.15) is 5.82 Å².